The minimum Gasteiger partial charge on any atom is -0.398 e. The van der Waals surface area contributed by atoms with Gasteiger partial charge < -0.3 is 16.4 Å². The van der Waals surface area contributed by atoms with Crippen LogP contribution in [0.2, 0.25) is 0 Å². The molecule has 1 aromatic rings. The lowest BCUT2D eigenvalue weighted by Gasteiger charge is -2.07. The third kappa shape index (κ3) is 3.19. The molecule has 1 saturated carbocycles. The molecule has 0 aliphatic heterocycles. The van der Waals surface area contributed by atoms with E-state index in [1.165, 1.54) is 6.07 Å². The van der Waals surface area contributed by atoms with Crippen molar-refractivity contribution in [2.45, 2.75) is 18.9 Å². The van der Waals surface area contributed by atoms with Crippen LogP contribution < -0.4 is 16.4 Å². The predicted octanol–water partition coefficient (Wildman–Crippen LogP) is 0.416. The summed E-state index contributed by atoms with van der Waals surface area (Å²) >= 11 is 0. The summed E-state index contributed by atoms with van der Waals surface area (Å²) in [4.78, 5) is 23.0. The molecular formula is C12H14FN3O2. The molecule has 0 atom stereocenters. The number of benzene rings is 1. The number of nitrogens with one attached hydrogen (secondary N) is 2. The summed E-state index contributed by atoms with van der Waals surface area (Å²) in [5, 5.41) is 5.18. The van der Waals surface area contributed by atoms with Gasteiger partial charge in [-0.1, -0.05) is 0 Å². The molecule has 0 heterocycles. The number of halogens is 1. The molecule has 0 bridgehead atoms. The Labute approximate surface area is 104 Å². The Morgan fingerprint density at radius 3 is 2.72 bits per heavy atom. The van der Waals surface area contributed by atoms with Gasteiger partial charge in [0.2, 0.25) is 5.91 Å². The molecule has 2 rings (SSSR count). The van der Waals surface area contributed by atoms with Gasteiger partial charge in [-0.2, -0.15) is 0 Å². The van der Waals surface area contributed by atoms with Gasteiger partial charge in [0.15, 0.2) is 0 Å². The van der Waals surface area contributed by atoms with E-state index in [1.807, 2.05) is 0 Å². The van der Waals surface area contributed by atoms with Crippen LogP contribution in [0.15, 0.2) is 18.2 Å². The molecule has 1 fully saturated rings. The zero-order chi connectivity index (χ0) is 13.1. The molecule has 1 aliphatic carbocycles. The van der Waals surface area contributed by atoms with Gasteiger partial charge in [-0.15, -0.1) is 0 Å². The number of nitrogens with two attached hydrogens (primary N) is 1. The largest absolute Gasteiger partial charge is 0.398 e. The topological polar surface area (TPSA) is 84.2 Å². The Morgan fingerprint density at radius 2 is 2.11 bits per heavy atom. The van der Waals surface area contributed by atoms with Crippen LogP contribution >= 0.6 is 0 Å². The molecular weight excluding hydrogens is 237 g/mol. The maximum absolute atomic E-state index is 12.8. The molecule has 0 saturated heterocycles. The number of nitrogen functional groups attached to an aromatic ring is 1. The summed E-state index contributed by atoms with van der Waals surface area (Å²) in [5.41, 5.74) is 5.73. The van der Waals surface area contributed by atoms with Crippen LogP contribution in [0, 0.1) is 5.82 Å². The Hall–Kier alpha value is -2.11. The second-order valence-corrected chi connectivity index (χ2v) is 4.26. The molecule has 4 N–H and O–H groups in total. The predicted molar refractivity (Wildman–Crippen MR) is 64.3 cm³/mol. The molecule has 96 valence electrons. The van der Waals surface area contributed by atoms with Crippen molar-refractivity contribution in [2.75, 3.05) is 12.3 Å². The van der Waals surface area contributed by atoms with Gasteiger partial charge >= 0.3 is 0 Å². The van der Waals surface area contributed by atoms with Crippen LogP contribution in [0.25, 0.3) is 0 Å². The summed E-state index contributed by atoms with van der Waals surface area (Å²) in [6.07, 6.45) is 1.98. The number of amides is 2. The Kier molecular flexibility index (Phi) is 3.45. The van der Waals surface area contributed by atoms with Gasteiger partial charge in [-0.25, -0.2) is 4.39 Å². The van der Waals surface area contributed by atoms with E-state index in [9.17, 15) is 14.0 Å². The van der Waals surface area contributed by atoms with Crippen molar-refractivity contribution in [3.63, 3.8) is 0 Å². The summed E-state index contributed by atoms with van der Waals surface area (Å²) in [5.74, 6) is -1.22. The molecule has 6 heteroatoms. The zero-order valence-electron chi connectivity index (χ0n) is 9.70. The van der Waals surface area contributed by atoms with Crippen molar-refractivity contribution in [1.29, 1.82) is 0 Å². The van der Waals surface area contributed by atoms with Crippen molar-refractivity contribution >= 4 is 17.5 Å². The second kappa shape index (κ2) is 5.03. The smallest absolute Gasteiger partial charge is 0.253 e. The first-order valence-corrected chi connectivity index (χ1v) is 5.69. The van der Waals surface area contributed by atoms with Gasteiger partial charge in [0, 0.05) is 11.7 Å². The fraction of sp³-hybridized carbons (Fsp3) is 0.333. The first-order chi connectivity index (χ1) is 8.56. The standard InChI is InChI=1S/C12H14FN3O2/c13-7-1-4-9(10(14)5-7)12(18)15-6-11(17)16-8-2-3-8/h1,4-5,8H,2-3,6,14H2,(H,15,18)(H,16,17). The maximum Gasteiger partial charge on any atom is 0.253 e. The van der Waals surface area contributed by atoms with E-state index < -0.39 is 11.7 Å². The normalized spacial score (nSPS) is 14.1. The SMILES string of the molecule is Nc1cc(F)ccc1C(=O)NCC(=O)NC1CC1. The monoisotopic (exact) mass is 251 g/mol. The summed E-state index contributed by atoms with van der Waals surface area (Å²) in [7, 11) is 0. The molecule has 0 unspecified atom stereocenters. The highest BCUT2D eigenvalue weighted by atomic mass is 19.1. The van der Waals surface area contributed by atoms with E-state index >= 15 is 0 Å². The van der Waals surface area contributed by atoms with Gasteiger partial charge in [-0.3, -0.25) is 9.59 Å². The molecule has 0 radical (unpaired) electrons. The van der Waals surface area contributed by atoms with Crippen LogP contribution in [0.5, 0.6) is 0 Å². The highest BCUT2D eigenvalue weighted by molar-refractivity contribution is 6.00. The number of anilines is 1. The Bertz CT molecular complexity index is 486. The Morgan fingerprint density at radius 1 is 1.39 bits per heavy atom. The van der Waals surface area contributed by atoms with Crippen LogP contribution in [0.4, 0.5) is 10.1 Å². The second-order valence-electron chi connectivity index (χ2n) is 4.26. The van der Waals surface area contributed by atoms with Crippen molar-refractivity contribution in [3.05, 3.63) is 29.6 Å². The van der Waals surface area contributed by atoms with Crippen LogP contribution in [0.3, 0.4) is 0 Å². The van der Waals surface area contributed by atoms with E-state index in [0.29, 0.717) is 0 Å². The molecule has 2 amide bonds. The number of hydrogen-bond donors (Lipinski definition) is 3. The number of carbonyl (C=O) groups is 2. The summed E-state index contributed by atoms with van der Waals surface area (Å²) < 4.78 is 12.8. The van der Waals surface area contributed by atoms with Crippen molar-refractivity contribution < 1.29 is 14.0 Å². The molecule has 1 aromatic carbocycles. The highest BCUT2D eigenvalue weighted by Gasteiger charge is 2.23. The molecule has 0 aromatic heterocycles. The molecule has 18 heavy (non-hydrogen) atoms. The average molecular weight is 251 g/mol. The zero-order valence-corrected chi connectivity index (χ0v) is 9.70. The third-order valence-corrected chi connectivity index (χ3v) is 2.61. The molecule has 0 spiro atoms. The van der Waals surface area contributed by atoms with E-state index in [1.54, 1.807) is 0 Å². The maximum atomic E-state index is 12.8. The lowest BCUT2D eigenvalue weighted by Crippen LogP contribution is -2.38. The lowest BCUT2D eigenvalue weighted by atomic mass is 10.1. The van der Waals surface area contributed by atoms with E-state index in [4.69, 9.17) is 5.73 Å². The lowest BCUT2D eigenvalue weighted by molar-refractivity contribution is -0.120. The van der Waals surface area contributed by atoms with Gasteiger partial charge in [0.25, 0.3) is 5.91 Å². The van der Waals surface area contributed by atoms with Crippen molar-refractivity contribution in [3.8, 4) is 0 Å². The molecule has 1 aliphatic rings. The fourth-order valence-corrected chi connectivity index (χ4v) is 1.50. The first-order valence-electron chi connectivity index (χ1n) is 5.69. The number of hydrogen-bond acceptors (Lipinski definition) is 3. The third-order valence-electron chi connectivity index (χ3n) is 2.61. The fourth-order valence-electron chi connectivity index (χ4n) is 1.50. The average Bonchev–Trinajstić information content (AvgIpc) is 3.10. The minimum atomic E-state index is -0.504. The van der Waals surface area contributed by atoms with E-state index in [2.05, 4.69) is 10.6 Å². The Balaban J connectivity index is 1.88. The van der Waals surface area contributed by atoms with E-state index in [0.717, 1.165) is 25.0 Å². The minimum absolute atomic E-state index is 0.0510. The van der Waals surface area contributed by atoms with Crippen molar-refractivity contribution in [2.24, 2.45) is 0 Å². The van der Waals surface area contributed by atoms with Gasteiger partial charge in [-0.05, 0) is 31.0 Å². The van der Waals surface area contributed by atoms with E-state index in [-0.39, 0.29) is 29.7 Å². The highest BCUT2D eigenvalue weighted by Crippen LogP contribution is 2.18. The number of rotatable bonds is 4. The van der Waals surface area contributed by atoms with Crippen LogP contribution in [-0.4, -0.2) is 24.4 Å². The first kappa shape index (κ1) is 12.3. The van der Waals surface area contributed by atoms with Crippen molar-refractivity contribution in [1.82, 2.24) is 10.6 Å². The quantitative estimate of drug-likeness (QED) is 0.678. The van der Waals surface area contributed by atoms with Gasteiger partial charge in [0.1, 0.15) is 5.82 Å². The van der Waals surface area contributed by atoms with Crippen LogP contribution in [0.1, 0.15) is 23.2 Å². The number of carbonyl (C=O) groups excluding carboxylic acids is 2. The summed E-state index contributed by atoms with van der Waals surface area (Å²) in [6, 6.07) is 3.76. The summed E-state index contributed by atoms with van der Waals surface area (Å²) in [6.45, 7) is -0.105. The molecule has 5 nitrogen and oxygen atoms in total. The van der Waals surface area contributed by atoms with Gasteiger partial charge in [0.05, 0.1) is 12.1 Å². The van der Waals surface area contributed by atoms with Crippen LogP contribution in [-0.2, 0) is 4.79 Å².